The third-order valence-corrected chi connectivity index (χ3v) is 6.01. The van der Waals surface area contributed by atoms with Crippen LogP contribution in [0.25, 0.3) is 27.7 Å². The molecule has 0 spiro atoms. The molecular weight excluding hydrogens is 412 g/mol. The van der Waals surface area contributed by atoms with Gasteiger partial charge in [0.15, 0.2) is 11.6 Å². The molecule has 0 amide bonds. The van der Waals surface area contributed by atoms with E-state index in [-0.39, 0.29) is 5.75 Å². The average Bonchev–Trinajstić information content (AvgIpc) is 3.37. The fraction of sp³-hybridized carbons (Fsp3) is 0.240. The Bertz CT molecular complexity index is 1270. The van der Waals surface area contributed by atoms with Crippen molar-refractivity contribution in [2.75, 3.05) is 40.0 Å². The molecule has 7 heteroatoms. The predicted molar refractivity (Wildman–Crippen MR) is 120 cm³/mol. The molecule has 32 heavy (non-hydrogen) atoms. The predicted octanol–water partition coefficient (Wildman–Crippen LogP) is 4.73. The third kappa shape index (κ3) is 3.63. The Kier molecular flexibility index (Phi) is 5.36. The molecular formula is C25H23F2N3O2. The van der Waals surface area contributed by atoms with E-state index in [0.29, 0.717) is 16.8 Å². The van der Waals surface area contributed by atoms with Crippen LogP contribution in [0.1, 0.15) is 5.56 Å². The Labute approximate surface area is 184 Å². The van der Waals surface area contributed by atoms with Crippen LogP contribution in [0, 0.1) is 11.6 Å². The number of nitrogens with zero attached hydrogens (tertiary/aromatic N) is 2. The first-order chi connectivity index (χ1) is 15.5. The van der Waals surface area contributed by atoms with Crippen molar-refractivity contribution in [1.29, 1.82) is 0 Å². The molecule has 5 rings (SSSR count). The highest BCUT2D eigenvalue weighted by atomic mass is 19.1. The fourth-order valence-corrected chi connectivity index (χ4v) is 4.32. The summed E-state index contributed by atoms with van der Waals surface area (Å²) in [6.07, 6.45) is 7.63. The molecule has 3 aromatic rings. The molecule has 1 aliphatic carbocycles. The average molecular weight is 435 g/mol. The minimum atomic E-state index is -0.746. The number of hydrogen-bond acceptors (Lipinski definition) is 4. The number of aromatic nitrogens is 2. The molecule has 2 aliphatic rings. The van der Waals surface area contributed by atoms with Gasteiger partial charge in [0.2, 0.25) is 0 Å². The van der Waals surface area contributed by atoms with Crippen molar-refractivity contribution in [2.24, 2.45) is 0 Å². The molecule has 0 atom stereocenters. The molecule has 0 bridgehead atoms. The van der Waals surface area contributed by atoms with E-state index in [4.69, 9.17) is 9.47 Å². The van der Waals surface area contributed by atoms with Gasteiger partial charge in [-0.1, -0.05) is 18.7 Å². The van der Waals surface area contributed by atoms with Gasteiger partial charge >= 0.3 is 0 Å². The zero-order valence-corrected chi connectivity index (χ0v) is 17.8. The van der Waals surface area contributed by atoms with Crippen molar-refractivity contribution in [3.8, 4) is 16.9 Å². The summed E-state index contributed by atoms with van der Waals surface area (Å²) in [7, 11) is 1.37. The molecule has 1 fully saturated rings. The smallest absolute Gasteiger partial charge is 0.168 e. The van der Waals surface area contributed by atoms with Gasteiger partial charge in [-0.2, -0.15) is 0 Å². The summed E-state index contributed by atoms with van der Waals surface area (Å²) >= 11 is 0. The number of benzene rings is 1. The quantitative estimate of drug-likeness (QED) is 0.630. The summed E-state index contributed by atoms with van der Waals surface area (Å²) in [6, 6.07) is 4.06. The van der Waals surface area contributed by atoms with Crippen LogP contribution in [0.3, 0.4) is 0 Å². The van der Waals surface area contributed by atoms with Crippen LogP contribution in [-0.2, 0) is 4.74 Å². The van der Waals surface area contributed by atoms with Gasteiger partial charge in [-0.3, -0.25) is 4.90 Å². The second kappa shape index (κ2) is 8.33. The number of methoxy groups -OCH3 is 1. The van der Waals surface area contributed by atoms with E-state index >= 15 is 0 Å². The number of rotatable bonds is 5. The first-order valence-corrected chi connectivity index (χ1v) is 10.5. The summed E-state index contributed by atoms with van der Waals surface area (Å²) < 4.78 is 38.9. The lowest BCUT2D eigenvalue weighted by Crippen LogP contribution is -2.37. The van der Waals surface area contributed by atoms with Crippen molar-refractivity contribution in [3.05, 3.63) is 77.7 Å². The zero-order chi connectivity index (χ0) is 22.2. The fourth-order valence-electron chi connectivity index (χ4n) is 4.32. The Morgan fingerprint density at radius 1 is 1.16 bits per heavy atom. The monoisotopic (exact) mass is 435 g/mol. The van der Waals surface area contributed by atoms with Gasteiger partial charge in [0.05, 0.1) is 20.3 Å². The lowest BCUT2D eigenvalue weighted by molar-refractivity contribution is 0.0426. The van der Waals surface area contributed by atoms with E-state index in [1.165, 1.54) is 18.7 Å². The molecule has 0 unspecified atom stereocenters. The second-order valence-electron chi connectivity index (χ2n) is 7.93. The number of pyridine rings is 1. The van der Waals surface area contributed by atoms with Crippen molar-refractivity contribution in [3.63, 3.8) is 0 Å². The van der Waals surface area contributed by atoms with Crippen LogP contribution in [0.2, 0.25) is 0 Å². The number of morpholine rings is 1. The van der Waals surface area contributed by atoms with E-state index < -0.39 is 11.6 Å². The molecule has 5 nitrogen and oxygen atoms in total. The van der Waals surface area contributed by atoms with E-state index in [2.05, 4.69) is 33.6 Å². The first-order valence-electron chi connectivity index (χ1n) is 10.5. The lowest BCUT2D eigenvalue weighted by Gasteiger charge is -2.27. The molecule has 1 aliphatic heterocycles. The maximum Gasteiger partial charge on any atom is 0.168 e. The van der Waals surface area contributed by atoms with E-state index in [0.717, 1.165) is 61.0 Å². The Hall–Kier alpha value is -3.29. The number of fused-ring (bicyclic) bond motifs is 1. The molecule has 1 saturated heterocycles. The summed E-state index contributed by atoms with van der Waals surface area (Å²) in [6.45, 7) is 8.45. The van der Waals surface area contributed by atoms with Gasteiger partial charge in [0.25, 0.3) is 0 Å². The van der Waals surface area contributed by atoms with Gasteiger partial charge in [0, 0.05) is 60.2 Å². The SMILES string of the molecule is C=C1C(CN2CCOCC2)=CC=C1c1cnc2[nH]cc(-c3cc(F)cc(F)c3OC)c2c1. The number of aromatic amines is 1. The van der Waals surface area contributed by atoms with Gasteiger partial charge in [0.1, 0.15) is 11.5 Å². The van der Waals surface area contributed by atoms with E-state index in [1.807, 2.05) is 6.07 Å². The second-order valence-corrected chi connectivity index (χ2v) is 7.93. The minimum Gasteiger partial charge on any atom is -0.493 e. The number of H-pyrrole nitrogens is 1. The molecule has 164 valence electrons. The van der Waals surface area contributed by atoms with Crippen molar-refractivity contribution in [2.45, 2.75) is 0 Å². The van der Waals surface area contributed by atoms with Gasteiger partial charge in [-0.15, -0.1) is 0 Å². The van der Waals surface area contributed by atoms with Crippen molar-refractivity contribution < 1.29 is 18.3 Å². The van der Waals surface area contributed by atoms with E-state index in [9.17, 15) is 8.78 Å². The van der Waals surface area contributed by atoms with Gasteiger partial charge in [-0.25, -0.2) is 13.8 Å². The molecule has 1 N–H and O–H groups in total. The molecule has 0 saturated carbocycles. The number of ether oxygens (including phenoxy) is 2. The topological polar surface area (TPSA) is 50.4 Å². The molecule has 0 radical (unpaired) electrons. The standard InChI is InChI=1S/C25H23F2N3O2/c1-15-16(14-30-5-7-32-8-6-30)3-4-19(15)17-9-21-22(13-29-25(21)28-12-17)20-10-18(26)11-23(27)24(20)31-2/h3-4,9-13H,1,5-8,14H2,2H3,(H,28,29). The van der Waals surface area contributed by atoms with Crippen LogP contribution in [-0.4, -0.2) is 54.8 Å². The normalized spacial score (nSPS) is 17.0. The largest absolute Gasteiger partial charge is 0.493 e. The van der Waals surface area contributed by atoms with Gasteiger partial charge in [-0.05, 0) is 28.9 Å². The summed E-state index contributed by atoms with van der Waals surface area (Å²) in [5.74, 6) is -1.41. The first kappa shape index (κ1) is 20.6. The summed E-state index contributed by atoms with van der Waals surface area (Å²) in [5.41, 5.74) is 5.60. The molecule has 1 aromatic carbocycles. The van der Waals surface area contributed by atoms with Crippen LogP contribution >= 0.6 is 0 Å². The van der Waals surface area contributed by atoms with Crippen molar-refractivity contribution >= 4 is 16.6 Å². The van der Waals surface area contributed by atoms with Crippen molar-refractivity contribution in [1.82, 2.24) is 14.9 Å². The Balaban J connectivity index is 1.47. The molecule has 2 aromatic heterocycles. The number of nitrogens with one attached hydrogen (secondary N) is 1. The van der Waals surface area contributed by atoms with E-state index in [1.54, 1.807) is 12.4 Å². The number of allylic oxidation sites excluding steroid dienone is 3. The lowest BCUT2D eigenvalue weighted by atomic mass is 9.97. The summed E-state index contributed by atoms with van der Waals surface area (Å²) in [5, 5.41) is 0.751. The van der Waals surface area contributed by atoms with Crippen LogP contribution < -0.4 is 4.74 Å². The highest BCUT2D eigenvalue weighted by Gasteiger charge is 2.21. The minimum absolute atomic E-state index is 0.00309. The van der Waals surface area contributed by atoms with Crippen LogP contribution in [0.5, 0.6) is 5.75 Å². The zero-order valence-electron chi connectivity index (χ0n) is 17.8. The maximum absolute atomic E-state index is 14.3. The number of hydrogen-bond donors (Lipinski definition) is 1. The van der Waals surface area contributed by atoms with Crippen LogP contribution in [0.15, 0.2) is 60.5 Å². The highest BCUT2D eigenvalue weighted by Crippen LogP contribution is 2.39. The van der Waals surface area contributed by atoms with Gasteiger partial charge < -0.3 is 14.5 Å². The maximum atomic E-state index is 14.3. The molecule has 3 heterocycles. The highest BCUT2D eigenvalue weighted by molar-refractivity contribution is 5.98. The summed E-state index contributed by atoms with van der Waals surface area (Å²) in [4.78, 5) is 9.97. The third-order valence-electron chi connectivity index (χ3n) is 6.01. The number of halogens is 2. The van der Waals surface area contributed by atoms with Crippen LogP contribution in [0.4, 0.5) is 8.78 Å². The Morgan fingerprint density at radius 2 is 1.97 bits per heavy atom. The Morgan fingerprint density at radius 3 is 2.75 bits per heavy atom.